The van der Waals surface area contributed by atoms with Gasteiger partial charge in [-0.25, -0.2) is 8.42 Å². The van der Waals surface area contributed by atoms with Crippen molar-refractivity contribution in [2.24, 2.45) is 29.1 Å². The smallest absolute Gasteiger partial charge is 0.244 e. The van der Waals surface area contributed by atoms with E-state index in [0.717, 1.165) is 17.8 Å². The molecule has 176 valence electrons. The number of hydrogen-bond donors (Lipinski definition) is 1. The number of amides is 1. The van der Waals surface area contributed by atoms with E-state index in [0.29, 0.717) is 31.0 Å². The topological polar surface area (TPSA) is 66.5 Å². The molecule has 1 unspecified atom stereocenters. The lowest BCUT2D eigenvalue weighted by molar-refractivity contribution is -0.130. The van der Waals surface area contributed by atoms with Crippen molar-refractivity contribution in [3.8, 4) is 0 Å². The van der Waals surface area contributed by atoms with E-state index in [1.54, 1.807) is 6.07 Å². The lowest BCUT2D eigenvalue weighted by Gasteiger charge is -2.59. The Morgan fingerprint density at radius 3 is 2.19 bits per heavy atom. The Kier molecular flexibility index (Phi) is 6.05. The number of sulfonamides is 1. The van der Waals surface area contributed by atoms with Gasteiger partial charge in [-0.2, -0.15) is 4.31 Å². The van der Waals surface area contributed by atoms with Gasteiger partial charge >= 0.3 is 0 Å². The van der Waals surface area contributed by atoms with Crippen LogP contribution in [-0.4, -0.2) is 37.8 Å². The summed E-state index contributed by atoms with van der Waals surface area (Å²) in [5, 5.41) is 3.86. The number of piperidine rings is 1. The molecule has 4 bridgehead atoms. The first-order chi connectivity index (χ1) is 15.2. The van der Waals surface area contributed by atoms with Gasteiger partial charge in [0, 0.05) is 30.1 Å². The number of carbonyl (C=O) groups excluding carboxylic acids is 1. The molecule has 5 aliphatic rings. The van der Waals surface area contributed by atoms with E-state index in [-0.39, 0.29) is 33.2 Å². The van der Waals surface area contributed by atoms with Gasteiger partial charge in [0.25, 0.3) is 0 Å². The maximum atomic E-state index is 13.1. The second kappa shape index (κ2) is 8.44. The molecule has 0 radical (unpaired) electrons. The zero-order chi connectivity index (χ0) is 22.7. The maximum absolute atomic E-state index is 13.1. The molecule has 4 saturated carbocycles. The van der Waals surface area contributed by atoms with Crippen LogP contribution in [0, 0.1) is 29.1 Å². The SMILES string of the molecule is CC(NC(=O)C1CCN(S(=O)(=O)c2cc(Cl)ccc2Cl)CC1)C12CC3CC(CC(C3)C1)C2. The quantitative estimate of drug-likeness (QED) is 0.612. The van der Waals surface area contributed by atoms with Crippen LogP contribution in [0.4, 0.5) is 0 Å². The third kappa shape index (κ3) is 4.10. The first kappa shape index (κ1) is 22.9. The van der Waals surface area contributed by atoms with E-state index in [1.165, 1.54) is 55.0 Å². The molecule has 0 spiro atoms. The van der Waals surface area contributed by atoms with Crippen molar-refractivity contribution in [2.45, 2.75) is 69.2 Å². The summed E-state index contributed by atoms with van der Waals surface area (Å²) in [7, 11) is -3.73. The summed E-state index contributed by atoms with van der Waals surface area (Å²) in [6, 6.07) is 4.66. The molecule has 1 aromatic rings. The van der Waals surface area contributed by atoms with Gasteiger partial charge in [0.05, 0.1) is 5.02 Å². The summed E-state index contributed by atoms with van der Waals surface area (Å²) in [6.07, 6.45) is 9.01. The monoisotopic (exact) mass is 498 g/mol. The molecule has 1 saturated heterocycles. The Balaban J connectivity index is 1.20. The Morgan fingerprint density at radius 1 is 1.06 bits per heavy atom. The number of nitrogens with zero attached hydrogens (tertiary/aromatic N) is 1. The van der Waals surface area contributed by atoms with E-state index in [2.05, 4.69) is 12.2 Å². The fourth-order valence-corrected chi connectivity index (χ4v) is 9.57. The molecule has 0 aromatic heterocycles. The van der Waals surface area contributed by atoms with Crippen molar-refractivity contribution in [2.75, 3.05) is 13.1 Å². The highest BCUT2D eigenvalue weighted by Crippen LogP contribution is 2.61. The van der Waals surface area contributed by atoms with Crippen LogP contribution in [-0.2, 0) is 14.8 Å². The largest absolute Gasteiger partial charge is 0.353 e. The summed E-state index contributed by atoms with van der Waals surface area (Å²) in [4.78, 5) is 13.1. The number of carbonyl (C=O) groups is 1. The number of nitrogens with one attached hydrogen (secondary N) is 1. The van der Waals surface area contributed by atoms with Crippen molar-refractivity contribution in [1.82, 2.24) is 9.62 Å². The van der Waals surface area contributed by atoms with Crippen LogP contribution in [0.25, 0.3) is 0 Å². The molecule has 1 amide bonds. The summed E-state index contributed by atoms with van der Waals surface area (Å²) < 4.78 is 27.5. The third-order valence-electron chi connectivity index (χ3n) is 8.70. The highest BCUT2D eigenvalue weighted by Gasteiger charge is 2.53. The highest BCUT2D eigenvalue weighted by atomic mass is 35.5. The third-order valence-corrected chi connectivity index (χ3v) is 11.3. The highest BCUT2D eigenvalue weighted by molar-refractivity contribution is 7.89. The van der Waals surface area contributed by atoms with Crippen molar-refractivity contribution in [1.29, 1.82) is 0 Å². The first-order valence-electron chi connectivity index (χ1n) is 11.9. The Labute approximate surface area is 201 Å². The number of hydrogen-bond acceptors (Lipinski definition) is 3. The fraction of sp³-hybridized carbons (Fsp3) is 0.708. The van der Waals surface area contributed by atoms with Crippen LogP contribution in [0.3, 0.4) is 0 Å². The molecule has 1 aliphatic heterocycles. The molecule has 1 aromatic carbocycles. The summed E-state index contributed by atoms with van der Waals surface area (Å²) in [6.45, 7) is 2.83. The van der Waals surface area contributed by atoms with Crippen molar-refractivity contribution in [3.05, 3.63) is 28.2 Å². The van der Waals surface area contributed by atoms with Gasteiger partial charge in [0.1, 0.15) is 4.90 Å². The Hall–Kier alpha value is -0.820. The van der Waals surface area contributed by atoms with Crippen LogP contribution in [0.2, 0.25) is 10.0 Å². The second-order valence-corrected chi connectivity index (χ2v) is 13.5. The van der Waals surface area contributed by atoms with Crippen molar-refractivity contribution >= 4 is 39.1 Å². The zero-order valence-electron chi connectivity index (χ0n) is 18.5. The number of benzene rings is 1. The summed E-state index contributed by atoms with van der Waals surface area (Å²) >= 11 is 12.1. The second-order valence-electron chi connectivity index (χ2n) is 10.8. The van der Waals surface area contributed by atoms with E-state index >= 15 is 0 Å². The van der Waals surface area contributed by atoms with Crippen molar-refractivity contribution < 1.29 is 13.2 Å². The molecule has 1 atom stereocenters. The average Bonchev–Trinajstić information content (AvgIpc) is 2.74. The standard InChI is InChI=1S/C24H32Cl2N2O3S/c1-15(24-12-16-8-17(13-24)10-18(9-16)14-24)27-23(29)19-4-6-28(7-5-19)32(30,31)22-11-20(25)2-3-21(22)26/h2-3,11,15-19H,4-10,12-14H2,1H3,(H,27,29). The van der Waals surface area contributed by atoms with Crippen molar-refractivity contribution in [3.63, 3.8) is 0 Å². The minimum absolute atomic E-state index is 0.0324. The van der Waals surface area contributed by atoms with E-state index < -0.39 is 10.0 Å². The van der Waals surface area contributed by atoms with Crippen LogP contribution in [0.5, 0.6) is 0 Å². The van der Waals surface area contributed by atoms with Gasteiger partial charge in [-0.05, 0) is 99.7 Å². The summed E-state index contributed by atoms with van der Waals surface area (Å²) in [5.74, 6) is 2.51. The molecule has 1 heterocycles. The van der Waals surface area contributed by atoms with Crippen LogP contribution >= 0.6 is 23.2 Å². The minimum Gasteiger partial charge on any atom is -0.353 e. The predicted octanol–water partition coefficient (Wildman–Crippen LogP) is 5.12. The molecule has 4 aliphatic carbocycles. The molecular formula is C24H32Cl2N2O3S. The van der Waals surface area contributed by atoms with Crippen LogP contribution in [0.1, 0.15) is 58.3 Å². The number of rotatable bonds is 5. The molecule has 8 heteroatoms. The Bertz CT molecular complexity index is 969. The van der Waals surface area contributed by atoms with Gasteiger partial charge in [-0.15, -0.1) is 0 Å². The molecule has 5 fully saturated rings. The van der Waals surface area contributed by atoms with Gasteiger partial charge in [0.2, 0.25) is 15.9 Å². The summed E-state index contributed by atoms with van der Waals surface area (Å²) in [5.41, 5.74) is 0.276. The van der Waals surface area contributed by atoms with Gasteiger partial charge in [-0.3, -0.25) is 4.79 Å². The molecule has 6 rings (SSSR count). The van der Waals surface area contributed by atoms with Gasteiger partial charge in [0.15, 0.2) is 0 Å². The molecule has 32 heavy (non-hydrogen) atoms. The lowest BCUT2D eigenvalue weighted by atomic mass is 9.48. The van der Waals surface area contributed by atoms with Gasteiger partial charge < -0.3 is 5.32 Å². The molecule has 1 N–H and O–H groups in total. The first-order valence-corrected chi connectivity index (χ1v) is 14.1. The lowest BCUT2D eigenvalue weighted by Crippen LogP contribution is -2.56. The maximum Gasteiger partial charge on any atom is 0.244 e. The zero-order valence-corrected chi connectivity index (χ0v) is 20.9. The van der Waals surface area contributed by atoms with Crippen LogP contribution in [0.15, 0.2) is 23.1 Å². The fourth-order valence-electron chi connectivity index (χ4n) is 7.36. The Morgan fingerprint density at radius 2 is 1.62 bits per heavy atom. The normalized spacial score (nSPS) is 33.9. The average molecular weight is 500 g/mol. The van der Waals surface area contributed by atoms with Crippen LogP contribution < -0.4 is 5.32 Å². The van der Waals surface area contributed by atoms with Gasteiger partial charge in [-0.1, -0.05) is 23.2 Å². The minimum atomic E-state index is -3.73. The molecular weight excluding hydrogens is 467 g/mol. The van der Waals surface area contributed by atoms with E-state index in [9.17, 15) is 13.2 Å². The van der Waals surface area contributed by atoms with E-state index in [4.69, 9.17) is 23.2 Å². The molecule has 5 nitrogen and oxygen atoms in total. The van der Waals surface area contributed by atoms with E-state index in [1.807, 2.05) is 0 Å². The predicted molar refractivity (Wildman–Crippen MR) is 126 cm³/mol. The number of halogens is 2.